The van der Waals surface area contributed by atoms with Crippen LogP contribution in [-0.4, -0.2) is 34.4 Å². The van der Waals surface area contributed by atoms with Gasteiger partial charge in [0.2, 0.25) is 5.89 Å². The van der Waals surface area contributed by atoms with E-state index >= 15 is 0 Å². The molecule has 21 heavy (non-hydrogen) atoms. The molecule has 6 heteroatoms. The Morgan fingerprint density at radius 3 is 2.62 bits per heavy atom. The summed E-state index contributed by atoms with van der Waals surface area (Å²) in [4.78, 5) is 15.1. The molecule has 1 aliphatic rings. The number of rotatable bonds is 4. The molecule has 0 saturated carbocycles. The van der Waals surface area contributed by atoms with Crippen LogP contribution in [0.3, 0.4) is 0 Å². The van der Waals surface area contributed by atoms with Gasteiger partial charge in [-0.2, -0.15) is 4.98 Å². The van der Waals surface area contributed by atoms with Crippen LogP contribution in [0.25, 0.3) is 0 Å². The summed E-state index contributed by atoms with van der Waals surface area (Å²) in [6.45, 7) is 1.25. The Kier molecular flexibility index (Phi) is 3.70. The zero-order chi connectivity index (χ0) is 14.7. The Morgan fingerprint density at radius 1 is 1.24 bits per heavy atom. The summed E-state index contributed by atoms with van der Waals surface area (Å²) in [6.07, 6.45) is 1.25. The van der Waals surface area contributed by atoms with E-state index in [1.54, 1.807) is 0 Å². The SMILES string of the molecule is O=C(O)Cc1nc(C2(c3ccccc3)CCOCC2)no1. The maximum absolute atomic E-state index is 10.8. The van der Waals surface area contributed by atoms with Crippen molar-refractivity contribution < 1.29 is 19.2 Å². The second-order valence-electron chi connectivity index (χ2n) is 5.14. The number of aliphatic carboxylic acids is 1. The van der Waals surface area contributed by atoms with Crippen LogP contribution in [0.1, 0.15) is 30.1 Å². The summed E-state index contributed by atoms with van der Waals surface area (Å²) >= 11 is 0. The molecule has 1 N–H and O–H groups in total. The van der Waals surface area contributed by atoms with Crippen LogP contribution in [0, 0.1) is 0 Å². The zero-order valence-electron chi connectivity index (χ0n) is 11.5. The quantitative estimate of drug-likeness (QED) is 0.923. The summed E-state index contributed by atoms with van der Waals surface area (Å²) in [6, 6.07) is 10.00. The van der Waals surface area contributed by atoms with Gasteiger partial charge in [0.15, 0.2) is 5.82 Å². The Bertz CT molecular complexity index is 618. The first kappa shape index (κ1) is 13.8. The van der Waals surface area contributed by atoms with Crippen LogP contribution in [0.2, 0.25) is 0 Å². The minimum absolute atomic E-state index is 0.138. The second kappa shape index (κ2) is 5.65. The Balaban J connectivity index is 1.99. The van der Waals surface area contributed by atoms with E-state index in [9.17, 15) is 4.79 Å². The summed E-state index contributed by atoms with van der Waals surface area (Å²) in [5, 5.41) is 12.9. The van der Waals surface area contributed by atoms with E-state index in [0.717, 1.165) is 18.4 Å². The van der Waals surface area contributed by atoms with Crippen molar-refractivity contribution in [1.82, 2.24) is 10.1 Å². The summed E-state index contributed by atoms with van der Waals surface area (Å²) in [5.41, 5.74) is 0.746. The van der Waals surface area contributed by atoms with Gasteiger partial charge in [-0.25, -0.2) is 0 Å². The van der Waals surface area contributed by atoms with Crippen molar-refractivity contribution in [3.8, 4) is 0 Å². The summed E-state index contributed by atoms with van der Waals surface area (Å²) < 4.78 is 10.6. The molecule has 3 rings (SSSR count). The number of aromatic nitrogens is 2. The highest BCUT2D eigenvalue weighted by molar-refractivity contribution is 5.68. The van der Waals surface area contributed by atoms with Crippen LogP contribution in [-0.2, 0) is 21.4 Å². The van der Waals surface area contributed by atoms with Gasteiger partial charge in [-0.1, -0.05) is 35.5 Å². The van der Waals surface area contributed by atoms with Crippen LogP contribution >= 0.6 is 0 Å². The highest BCUT2D eigenvalue weighted by Crippen LogP contribution is 2.39. The number of benzene rings is 1. The lowest BCUT2D eigenvalue weighted by Gasteiger charge is -2.34. The maximum Gasteiger partial charge on any atom is 0.312 e. The smallest absolute Gasteiger partial charge is 0.312 e. The summed E-state index contributed by atoms with van der Waals surface area (Å²) in [7, 11) is 0. The van der Waals surface area contributed by atoms with Gasteiger partial charge in [0, 0.05) is 13.2 Å². The van der Waals surface area contributed by atoms with E-state index in [0.29, 0.717) is 19.0 Å². The topological polar surface area (TPSA) is 85.5 Å². The molecule has 1 aromatic heterocycles. The normalized spacial score (nSPS) is 17.5. The molecule has 1 aliphatic heterocycles. The number of ether oxygens (including phenoxy) is 1. The van der Waals surface area contributed by atoms with Gasteiger partial charge in [-0.15, -0.1) is 0 Å². The molecule has 0 radical (unpaired) electrons. The van der Waals surface area contributed by atoms with Crippen LogP contribution in [0.5, 0.6) is 0 Å². The number of hydrogen-bond donors (Lipinski definition) is 1. The molecule has 1 aromatic carbocycles. The first-order valence-electron chi connectivity index (χ1n) is 6.89. The van der Waals surface area contributed by atoms with E-state index in [1.165, 1.54) is 0 Å². The number of carbonyl (C=O) groups is 1. The molecule has 0 spiro atoms. The average molecular weight is 288 g/mol. The molecule has 110 valence electrons. The van der Waals surface area contributed by atoms with E-state index in [-0.39, 0.29) is 17.7 Å². The van der Waals surface area contributed by atoms with E-state index in [2.05, 4.69) is 10.1 Å². The molecule has 6 nitrogen and oxygen atoms in total. The van der Waals surface area contributed by atoms with Crippen LogP contribution in [0.4, 0.5) is 0 Å². The van der Waals surface area contributed by atoms with Gasteiger partial charge in [0.1, 0.15) is 6.42 Å². The fraction of sp³-hybridized carbons (Fsp3) is 0.400. The Morgan fingerprint density at radius 2 is 1.95 bits per heavy atom. The monoisotopic (exact) mass is 288 g/mol. The van der Waals surface area contributed by atoms with E-state index in [4.69, 9.17) is 14.4 Å². The van der Waals surface area contributed by atoms with Crippen molar-refractivity contribution >= 4 is 5.97 Å². The first-order chi connectivity index (χ1) is 10.2. The third-order valence-electron chi connectivity index (χ3n) is 3.87. The number of hydrogen-bond acceptors (Lipinski definition) is 5. The zero-order valence-corrected chi connectivity index (χ0v) is 11.5. The van der Waals surface area contributed by atoms with Crippen molar-refractivity contribution in [2.24, 2.45) is 0 Å². The maximum atomic E-state index is 10.8. The number of carboxylic acid groups (broad SMARTS) is 1. The molecule has 0 amide bonds. The fourth-order valence-electron chi connectivity index (χ4n) is 2.77. The van der Waals surface area contributed by atoms with Gasteiger partial charge in [0.05, 0.1) is 5.41 Å². The minimum Gasteiger partial charge on any atom is -0.481 e. The van der Waals surface area contributed by atoms with E-state index < -0.39 is 5.97 Å². The Hall–Kier alpha value is -2.21. The Labute approximate surface area is 121 Å². The predicted octanol–water partition coefficient (Wildman–Crippen LogP) is 1.79. The van der Waals surface area contributed by atoms with Crippen molar-refractivity contribution in [1.29, 1.82) is 0 Å². The van der Waals surface area contributed by atoms with Crippen LogP contribution < -0.4 is 0 Å². The lowest BCUT2D eigenvalue weighted by molar-refractivity contribution is -0.136. The second-order valence-corrected chi connectivity index (χ2v) is 5.14. The van der Waals surface area contributed by atoms with Gasteiger partial charge < -0.3 is 14.4 Å². The van der Waals surface area contributed by atoms with Gasteiger partial charge in [-0.05, 0) is 18.4 Å². The fourth-order valence-corrected chi connectivity index (χ4v) is 2.77. The molecule has 1 saturated heterocycles. The van der Waals surface area contributed by atoms with Crippen molar-refractivity contribution in [2.75, 3.05) is 13.2 Å². The third kappa shape index (κ3) is 2.67. The van der Waals surface area contributed by atoms with Crippen molar-refractivity contribution in [3.63, 3.8) is 0 Å². The third-order valence-corrected chi connectivity index (χ3v) is 3.87. The van der Waals surface area contributed by atoms with Crippen LogP contribution in [0.15, 0.2) is 34.9 Å². The molecule has 0 atom stereocenters. The van der Waals surface area contributed by atoms with Crippen molar-refractivity contribution in [2.45, 2.75) is 24.7 Å². The lowest BCUT2D eigenvalue weighted by Crippen LogP contribution is -2.36. The van der Waals surface area contributed by atoms with Gasteiger partial charge in [-0.3, -0.25) is 4.79 Å². The number of nitrogens with zero attached hydrogens (tertiary/aromatic N) is 2. The molecule has 0 aliphatic carbocycles. The molecule has 1 fully saturated rings. The highest BCUT2D eigenvalue weighted by atomic mass is 16.5. The average Bonchev–Trinajstić information content (AvgIpc) is 2.97. The molecule has 2 heterocycles. The largest absolute Gasteiger partial charge is 0.481 e. The molecular weight excluding hydrogens is 272 g/mol. The molecule has 0 unspecified atom stereocenters. The first-order valence-corrected chi connectivity index (χ1v) is 6.89. The molecular formula is C15H16N2O4. The van der Waals surface area contributed by atoms with Gasteiger partial charge >= 0.3 is 5.97 Å². The number of carboxylic acids is 1. The molecule has 0 bridgehead atoms. The predicted molar refractivity (Wildman–Crippen MR) is 72.9 cm³/mol. The molecule has 2 aromatic rings. The van der Waals surface area contributed by atoms with E-state index in [1.807, 2.05) is 30.3 Å². The highest BCUT2D eigenvalue weighted by Gasteiger charge is 2.40. The summed E-state index contributed by atoms with van der Waals surface area (Å²) in [5.74, 6) is -0.293. The minimum atomic E-state index is -0.981. The van der Waals surface area contributed by atoms with Gasteiger partial charge in [0.25, 0.3) is 0 Å². The standard InChI is InChI=1S/C15H16N2O4/c18-13(19)10-12-16-14(17-21-12)15(6-8-20-9-7-15)11-4-2-1-3-5-11/h1-5H,6-10H2,(H,18,19). The lowest BCUT2D eigenvalue weighted by atomic mass is 9.73. The van der Waals surface area contributed by atoms with Crippen molar-refractivity contribution in [3.05, 3.63) is 47.6 Å².